The second-order valence-electron chi connectivity index (χ2n) is 6.84. The summed E-state index contributed by atoms with van der Waals surface area (Å²) in [6, 6.07) is 13.9. The molecule has 1 heterocycles. The zero-order valence-corrected chi connectivity index (χ0v) is 17.0. The maximum Gasteiger partial charge on any atom is 0.444 e. The fraction of sp³-hybridized carbons (Fsp3) is 0.304. The van der Waals surface area contributed by atoms with E-state index in [0.717, 1.165) is 23.5 Å². The second kappa shape index (κ2) is 9.91. The molecule has 0 bridgehead atoms. The van der Waals surface area contributed by atoms with Crippen LogP contribution in [0.25, 0.3) is 0 Å². The van der Waals surface area contributed by atoms with Crippen molar-refractivity contribution in [2.45, 2.75) is 38.8 Å². The highest BCUT2D eigenvalue weighted by atomic mass is 19.1. The Morgan fingerprint density at radius 2 is 1.80 bits per heavy atom. The van der Waals surface area contributed by atoms with Gasteiger partial charge in [0.25, 0.3) is 0 Å². The molecular formula is C23H24FNO5. The zero-order chi connectivity index (χ0) is 21.5. The van der Waals surface area contributed by atoms with Crippen molar-refractivity contribution in [1.82, 2.24) is 5.06 Å². The van der Waals surface area contributed by atoms with E-state index in [9.17, 15) is 14.0 Å². The molecule has 1 atom stereocenters. The van der Waals surface area contributed by atoms with E-state index < -0.39 is 23.9 Å². The molecule has 0 saturated heterocycles. The van der Waals surface area contributed by atoms with E-state index in [1.165, 1.54) is 31.4 Å². The van der Waals surface area contributed by atoms with E-state index in [4.69, 9.17) is 14.3 Å². The molecule has 2 aromatic carbocycles. The Morgan fingerprint density at radius 1 is 1.10 bits per heavy atom. The molecule has 3 rings (SSSR count). The van der Waals surface area contributed by atoms with Crippen molar-refractivity contribution in [3.8, 4) is 0 Å². The highest BCUT2D eigenvalue weighted by Gasteiger charge is 2.44. The molecule has 0 aliphatic carbocycles. The van der Waals surface area contributed by atoms with Crippen molar-refractivity contribution >= 4 is 12.1 Å². The molecule has 0 aromatic heterocycles. The topological polar surface area (TPSA) is 65.1 Å². The summed E-state index contributed by atoms with van der Waals surface area (Å²) in [5.41, 5.74) is 1.55. The van der Waals surface area contributed by atoms with E-state index >= 15 is 0 Å². The molecule has 6 nitrogen and oxygen atoms in total. The van der Waals surface area contributed by atoms with E-state index in [-0.39, 0.29) is 12.2 Å². The zero-order valence-electron chi connectivity index (χ0n) is 17.0. The third kappa shape index (κ3) is 4.79. The summed E-state index contributed by atoms with van der Waals surface area (Å²) in [6.45, 7) is 2.06. The van der Waals surface area contributed by atoms with Crippen LogP contribution in [0.5, 0.6) is 0 Å². The van der Waals surface area contributed by atoms with Gasteiger partial charge in [-0.2, -0.15) is 0 Å². The molecule has 0 N–H and O–H groups in total. The number of rotatable bonds is 7. The highest BCUT2D eigenvalue weighted by molar-refractivity contribution is 5.92. The third-order valence-electron chi connectivity index (χ3n) is 4.75. The van der Waals surface area contributed by atoms with Crippen molar-refractivity contribution in [3.05, 3.63) is 82.9 Å². The largest absolute Gasteiger partial charge is 0.465 e. The highest BCUT2D eigenvalue weighted by Crippen LogP contribution is 2.41. The van der Waals surface area contributed by atoms with Crippen LogP contribution in [-0.2, 0) is 25.7 Å². The minimum absolute atomic E-state index is 0.0491. The quantitative estimate of drug-likeness (QED) is 0.593. The monoisotopic (exact) mass is 413 g/mol. The van der Waals surface area contributed by atoms with Gasteiger partial charge in [0.1, 0.15) is 29.8 Å². The Kier molecular flexibility index (Phi) is 7.06. The number of hydrogen-bond acceptors (Lipinski definition) is 5. The molecule has 1 aliphatic rings. The predicted octanol–water partition coefficient (Wildman–Crippen LogP) is 5.07. The number of allylic oxidation sites excluding steroid dienone is 1. The number of hydroxylamine groups is 2. The molecule has 1 unspecified atom stereocenters. The molecule has 0 saturated carbocycles. The van der Waals surface area contributed by atoms with E-state index in [2.05, 4.69) is 0 Å². The second-order valence-corrected chi connectivity index (χ2v) is 6.84. The van der Waals surface area contributed by atoms with Crippen LogP contribution in [0, 0.1) is 5.82 Å². The molecule has 1 aliphatic heterocycles. The first-order valence-electron chi connectivity index (χ1n) is 9.79. The molecule has 2 aromatic rings. The Balaban J connectivity index is 1.91. The fourth-order valence-electron chi connectivity index (χ4n) is 3.22. The number of unbranched alkanes of at least 4 members (excludes halogenated alkanes) is 1. The van der Waals surface area contributed by atoms with Gasteiger partial charge in [0.05, 0.1) is 7.11 Å². The van der Waals surface area contributed by atoms with Gasteiger partial charge in [-0.25, -0.2) is 14.0 Å². The smallest absolute Gasteiger partial charge is 0.444 e. The maximum absolute atomic E-state index is 13.5. The van der Waals surface area contributed by atoms with Crippen LogP contribution in [-0.4, -0.2) is 24.2 Å². The number of carbonyl (C=O) groups excluding carboxylic acids is 2. The average Bonchev–Trinajstić information content (AvgIpc) is 3.16. The lowest BCUT2D eigenvalue weighted by Crippen LogP contribution is -2.32. The third-order valence-corrected chi connectivity index (χ3v) is 4.75. The number of hydrogen-bond donors (Lipinski definition) is 0. The first-order chi connectivity index (χ1) is 14.5. The van der Waals surface area contributed by atoms with Crippen LogP contribution in [0.15, 0.2) is 65.9 Å². The minimum Gasteiger partial charge on any atom is -0.465 e. The Labute approximate surface area is 174 Å². The molecule has 7 heteroatoms. The van der Waals surface area contributed by atoms with Gasteiger partial charge in [0, 0.05) is 6.42 Å². The van der Waals surface area contributed by atoms with Gasteiger partial charge in [-0.3, -0.25) is 0 Å². The Hall–Kier alpha value is -3.35. The van der Waals surface area contributed by atoms with E-state index in [1.54, 1.807) is 0 Å². The van der Waals surface area contributed by atoms with Crippen molar-refractivity contribution in [2.24, 2.45) is 0 Å². The Bertz CT molecular complexity index is 911. The van der Waals surface area contributed by atoms with Crippen molar-refractivity contribution in [1.29, 1.82) is 0 Å². The molecule has 0 radical (unpaired) electrons. The van der Waals surface area contributed by atoms with E-state index in [0.29, 0.717) is 17.7 Å². The summed E-state index contributed by atoms with van der Waals surface area (Å²) in [5, 5.41) is 1.02. The van der Waals surface area contributed by atoms with E-state index in [1.807, 2.05) is 37.3 Å². The van der Waals surface area contributed by atoms with Crippen molar-refractivity contribution in [3.63, 3.8) is 0 Å². The van der Waals surface area contributed by atoms with Crippen LogP contribution in [0.2, 0.25) is 0 Å². The average molecular weight is 413 g/mol. The molecular weight excluding hydrogens is 389 g/mol. The number of methoxy groups -OCH3 is 1. The summed E-state index contributed by atoms with van der Waals surface area (Å²) in [4.78, 5) is 31.2. The number of amides is 1. The summed E-state index contributed by atoms with van der Waals surface area (Å²) in [6.07, 6.45) is 1.35. The van der Waals surface area contributed by atoms with Gasteiger partial charge in [0.2, 0.25) is 0 Å². The normalized spacial score (nSPS) is 15.7. The fourth-order valence-corrected chi connectivity index (χ4v) is 3.22. The van der Waals surface area contributed by atoms with Crippen LogP contribution in [0.3, 0.4) is 0 Å². The molecule has 0 fully saturated rings. The van der Waals surface area contributed by atoms with Crippen molar-refractivity contribution < 1.29 is 28.3 Å². The van der Waals surface area contributed by atoms with Crippen LogP contribution >= 0.6 is 0 Å². The number of benzene rings is 2. The van der Waals surface area contributed by atoms with Gasteiger partial charge in [-0.05, 0) is 29.7 Å². The van der Waals surface area contributed by atoms with Gasteiger partial charge in [-0.15, -0.1) is 5.06 Å². The number of esters is 1. The molecule has 158 valence electrons. The first kappa shape index (κ1) is 21.4. The summed E-state index contributed by atoms with van der Waals surface area (Å²) >= 11 is 0. The number of ether oxygens (including phenoxy) is 2. The lowest BCUT2D eigenvalue weighted by Gasteiger charge is -2.24. The predicted molar refractivity (Wildman–Crippen MR) is 107 cm³/mol. The van der Waals surface area contributed by atoms with Crippen LogP contribution < -0.4 is 0 Å². The lowest BCUT2D eigenvalue weighted by atomic mass is 9.97. The van der Waals surface area contributed by atoms with Crippen LogP contribution in [0.4, 0.5) is 9.18 Å². The number of carbonyl (C=O) groups is 2. The summed E-state index contributed by atoms with van der Waals surface area (Å²) in [5.74, 6) is -0.672. The lowest BCUT2D eigenvalue weighted by molar-refractivity contribution is -0.137. The Morgan fingerprint density at radius 3 is 2.43 bits per heavy atom. The standard InChI is InChI=1S/C23H24FNO5/c1-3-4-10-19-20(22(26)28-2)21(17-11-13-18(24)14-12-17)25(30-19)23(27)29-15-16-8-6-5-7-9-16/h5-9,11-14,21H,3-4,10,15H2,1-2H3. The number of halogens is 1. The van der Waals surface area contributed by atoms with Gasteiger partial charge in [0.15, 0.2) is 0 Å². The molecule has 0 spiro atoms. The summed E-state index contributed by atoms with van der Waals surface area (Å²) < 4.78 is 23.8. The maximum atomic E-state index is 13.5. The number of nitrogens with zero attached hydrogens (tertiary/aromatic N) is 1. The van der Waals surface area contributed by atoms with Gasteiger partial charge in [-0.1, -0.05) is 55.8 Å². The SMILES string of the molecule is CCCCC1=C(C(=O)OC)C(c2ccc(F)cc2)N(C(=O)OCc2ccccc2)O1. The summed E-state index contributed by atoms with van der Waals surface area (Å²) in [7, 11) is 1.27. The van der Waals surface area contributed by atoms with Crippen molar-refractivity contribution in [2.75, 3.05) is 7.11 Å². The molecule has 1 amide bonds. The molecule has 30 heavy (non-hydrogen) atoms. The van der Waals surface area contributed by atoms with Gasteiger partial charge < -0.3 is 14.3 Å². The first-order valence-corrected chi connectivity index (χ1v) is 9.79. The van der Waals surface area contributed by atoms with Crippen LogP contribution in [0.1, 0.15) is 43.4 Å². The minimum atomic E-state index is -0.895. The van der Waals surface area contributed by atoms with Gasteiger partial charge >= 0.3 is 12.1 Å².